The van der Waals surface area contributed by atoms with E-state index in [4.69, 9.17) is 9.97 Å². The van der Waals surface area contributed by atoms with Gasteiger partial charge in [-0.05, 0) is 50.7 Å². The Kier molecular flexibility index (Phi) is 5.64. The molecular weight excluding hydrogens is 400 g/mol. The molecule has 5 rings (SSSR count). The number of likely N-dealkylation sites (tertiary alicyclic amines) is 1. The van der Waals surface area contributed by atoms with Crippen LogP contribution in [0.15, 0.2) is 42.6 Å². The lowest BCUT2D eigenvalue weighted by Crippen LogP contribution is -2.35. The molecule has 1 amide bonds. The van der Waals surface area contributed by atoms with E-state index in [2.05, 4.69) is 47.3 Å². The molecule has 0 bridgehead atoms. The fraction of sp³-hybridized carbons (Fsp3) is 0.440. The molecule has 2 aromatic heterocycles. The van der Waals surface area contributed by atoms with Gasteiger partial charge in [0.05, 0.1) is 6.04 Å². The van der Waals surface area contributed by atoms with Crippen LogP contribution in [0.4, 0.5) is 5.82 Å². The van der Waals surface area contributed by atoms with Crippen LogP contribution in [0.2, 0.25) is 0 Å². The summed E-state index contributed by atoms with van der Waals surface area (Å²) in [5, 5.41) is 4.17. The van der Waals surface area contributed by atoms with Crippen molar-refractivity contribution in [1.82, 2.24) is 24.6 Å². The minimum Gasteiger partial charge on any atom is -0.356 e. The monoisotopic (exact) mass is 430 g/mol. The number of benzene rings is 1. The average molecular weight is 431 g/mol. The summed E-state index contributed by atoms with van der Waals surface area (Å²) in [5.74, 6) is 1.85. The molecular formula is C25H30N6O. The number of aryl methyl sites for hydroxylation is 2. The standard InChI is InChI=1S/C25H30N6O/c1-18-20-10-6-15-30(17-13-19-8-4-3-5-9-19)24(20)28-23(27-18)21-11-7-16-31(21)25(32)22-12-14-26-29(22)2/h3-5,8-9,12,14,21H,6-7,10-11,13,15-17H2,1-2H3/t21-/m1/s1. The van der Waals surface area contributed by atoms with E-state index >= 15 is 0 Å². The van der Waals surface area contributed by atoms with Crippen molar-refractivity contribution in [1.29, 1.82) is 0 Å². The van der Waals surface area contributed by atoms with Crippen molar-refractivity contribution in [3.8, 4) is 0 Å². The Labute approximate surface area is 189 Å². The maximum Gasteiger partial charge on any atom is 0.272 e. The van der Waals surface area contributed by atoms with E-state index in [0.717, 1.165) is 69.1 Å². The lowest BCUT2D eigenvalue weighted by molar-refractivity contribution is 0.0718. The summed E-state index contributed by atoms with van der Waals surface area (Å²) in [6, 6.07) is 12.3. The topological polar surface area (TPSA) is 67.2 Å². The third-order valence-electron chi connectivity index (χ3n) is 6.73. The molecule has 1 saturated heterocycles. The van der Waals surface area contributed by atoms with E-state index in [9.17, 15) is 4.79 Å². The molecule has 3 aromatic rings. The predicted molar refractivity (Wildman–Crippen MR) is 124 cm³/mol. The highest BCUT2D eigenvalue weighted by Gasteiger charge is 2.35. The molecule has 0 unspecified atom stereocenters. The van der Waals surface area contributed by atoms with E-state index in [1.807, 2.05) is 11.9 Å². The predicted octanol–water partition coefficient (Wildman–Crippen LogP) is 3.49. The molecule has 1 fully saturated rings. The molecule has 1 atom stereocenters. The van der Waals surface area contributed by atoms with Gasteiger partial charge in [0.25, 0.3) is 5.91 Å². The van der Waals surface area contributed by atoms with Crippen molar-refractivity contribution in [2.24, 2.45) is 7.05 Å². The maximum absolute atomic E-state index is 13.2. The summed E-state index contributed by atoms with van der Waals surface area (Å²) >= 11 is 0. The first-order valence-corrected chi connectivity index (χ1v) is 11.6. The Morgan fingerprint density at radius 2 is 1.94 bits per heavy atom. The minimum absolute atomic E-state index is 0.00686. The summed E-state index contributed by atoms with van der Waals surface area (Å²) in [6.07, 6.45) is 6.67. The number of aromatic nitrogens is 4. The zero-order valence-corrected chi connectivity index (χ0v) is 18.9. The molecule has 4 heterocycles. The zero-order valence-electron chi connectivity index (χ0n) is 18.9. The zero-order chi connectivity index (χ0) is 22.1. The number of hydrogen-bond donors (Lipinski definition) is 0. The smallest absolute Gasteiger partial charge is 0.272 e. The molecule has 166 valence electrons. The van der Waals surface area contributed by atoms with Crippen molar-refractivity contribution in [3.63, 3.8) is 0 Å². The van der Waals surface area contributed by atoms with Crippen molar-refractivity contribution < 1.29 is 4.79 Å². The first-order valence-electron chi connectivity index (χ1n) is 11.6. The van der Waals surface area contributed by atoms with Crippen LogP contribution in [-0.4, -0.2) is 50.2 Å². The van der Waals surface area contributed by atoms with Crippen molar-refractivity contribution in [2.75, 3.05) is 24.5 Å². The number of anilines is 1. The molecule has 0 saturated carbocycles. The van der Waals surface area contributed by atoms with E-state index in [1.54, 1.807) is 16.9 Å². The molecule has 7 nitrogen and oxygen atoms in total. The van der Waals surface area contributed by atoms with Gasteiger partial charge in [-0.3, -0.25) is 9.48 Å². The van der Waals surface area contributed by atoms with Crippen molar-refractivity contribution in [2.45, 2.75) is 45.1 Å². The number of rotatable bonds is 5. The second-order valence-corrected chi connectivity index (χ2v) is 8.79. The number of nitrogens with zero attached hydrogens (tertiary/aromatic N) is 6. The van der Waals surface area contributed by atoms with Gasteiger partial charge in [0.15, 0.2) is 5.82 Å². The third kappa shape index (κ3) is 3.87. The van der Waals surface area contributed by atoms with E-state index in [0.29, 0.717) is 5.69 Å². The van der Waals surface area contributed by atoms with Gasteiger partial charge in [0, 0.05) is 44.1 Å². The summed E-state index contributed by atoms with van der Waals surface area (Å²) < 4.78 is 1.64. The quantitative estimate of drug-likeness (QED) is 0.620. The van der Waals surface area contributed by atoms with E-state index in [-0.39, 0.29) is 11.9 Å². The fourth-order valence-corrected chi connectivity index (χ4v) is 4.99. The normalized spacial score (nSPS) is 18.1. The highest BCUT2D eigenvalue weighted by molar-refractivity contribution is 5.93. The number of carbonyl (C=O) groups is 1. The molecule has 0 radical (unpaired) electrons. The molecule has 0 spiro atoms. The first kappa shape index (κ1) is 20.7. The van der Waals surface area contributed by atoms with Crippen LogP contribution in [0.25, 0.3) is 0 Å². The van der Waals surface area contributed by atoms with Crippen LogP contribution in [0.1, 0.15) is 58.4 Å². The Hall–Kier alpha value is -3.22. The van der Waals surface area contributed by atoms with Crippen LogP contribution in [-0.2, 0) is 19.9 Å². The lowest BCUT2D eigenvalue weighted by atomic mass is 10.0. The Morgan fingerprint density at radius 3 is 2.72 bits per heavy atom. The van der Waals surface area contributed by atoms with Gasteiger partial charge >= 0.3 is 0 Å². The van der Waals surface area contributed by atoms with Crippen LogP contribution >= 0.6 is 0 Å². The summed E-state index contributed by atoms with van der Waals surface area (Å²) in [4.78, 5) is 27.5. The average Bonchev–Trinajstić information content (AvgIpc) is 3.47. The number of amides is 1. The SMILES string of the molecule is Cc1nc([C@H]2CCCN2C(=O)c2ccnn2C)nc2c1CCCN2CCc1ccccc1. The Balaban J connectivity index is 1.42. The van der Waals surface area contributed by atoms with Crippen LogP contribution < -0.4 is 4.90 Å². The van der Waals surface area contributed by atoms with Gasteiger partial charge < -0.3 is 9.80 Å². The van der Waals surface area contributed by atoms with Gasteiger partial charge in [0.1, 0.15) is 11.5 Å². The third-order valence-corrected chi connectivity index (χ3v) is 6.73. The summed E-state index contributed by atoms with van der Waals surface area (Å²) in [7, 11) is 1.81. The Morgan fingerprint density at radius 1 is 1.09 bits per heavy atom. The number of fused-ring (bicyclic) bond motifs is 1. The molecule has 0 aliphatic carbocycles. The number of hydrogen-bond acceptors (Lipinski definition) is 5. The first-order chi connectivity index (χ1) is 15.6. The summed E-state index contributed by atoms with van der Waals surface area (Å²) in [6.45, 7) is 4.77. The van der Waals surface area contributed by atoms with Gasteiger partial charge in [-0.2, -0.15) is 5.10 Å². The molecule has 0 N–H and O–H groups in total. The number of carbonyl (C=O) groups excluding carboxylic acids is 1. The molecule has 2 aliphatic rings. The van der Waals surface area contributed by atoms with Gasteiger partial charge in [0.2, 0.25) is 0 Å². The van der Waals surface area contributed by atoms with Gasteiger partial charge in [-0.1, -0.05) is 30.3 Å². The van der Waals surface area contributed by atoms with Crippen LogP contribution in [0, 0.1) is 6.92 Å². The second kappa shape index (κ2) is 8.73. The largest absolute Gasteiger partial charge is 0.356 e. The molecule has 2 aliphatic heterocycles. The van der Waals surface area contributed by atoms with Crippen molar-refractivity contribution >= 4 is 11.7 Å². The summed E-state index contributed by atoms with van der Waals surface area (Å²) in [5.41, 5.74) is 4.26. The minimum atomic E-state index is -0.0840. The highest BCUT2D eigenvalue weighted by atomic mass is 16.2. The lowest BCUT2D eigenvalue weighted by Gasteiger charge is -2.32. The van der Waals surface area contributed by atoms with E-state index in [1.165, 1.54) is 11.1 Å². The molecule has 32 heavy (non-hydrogen) atoms. The Bertz CT molecular complexity index is 1110. The van der Waals surface area contributed by atoms with Crippen LogP contribution in [0.5, 0.6) is 0 Å². The second-order valence-electron chi connectivity index (χ2n) is 8.79. The van der Waals surface area contributed by atoms with Crippen LogP contribution in [0.3, 0.4) is 0 Å². The molecule has 1 aromatic carbocycles. The fourth-order valence-electron chi connectivity index (χ4n) is 4.99. The van der Waals surface area contributed by atoms with Gasteiger partial charge in [-0.25, -0.2) is 9.97 Å². The van der Waals surface area contributed by atoms with Crippen molar-refractivity contribution in [3.05, 3.63) is 70.9 Å². The maximum atomic E-state index is 13.2. The highest BCUT2D eigenvalue weighted by Crippen LogP contribution is 2.35. The molecule has 7 heteroatoms. The van der Waals surface area contributed by atoms with Gasteiger partial charge in [-0.15, -0.1) is 0 Å². The van der Waals surface area contributed by atoms with E-state index < -0.39 is 0 Å².